The first-order valence-corrected chi connectivity index (χ1v) is 11.3. The van der Waals surface area contributed by atoms with Gasteiger partial charge in [-0.2, -0.15) is 26.3 Å². The van der Waals surface area contributed by atoms with Crippen LogP contribution >= 0.6 is 0 Å². The molecule has 1 heterocycles. The molecular weight excluding hydrogens is 510 g/mol. The van der Waals surface area contributed by atoms with Crippen LogP contribution in [0.3, 0.4) is 0 Å². The lowest BCUT2D eigenvalue weighted by atomic mass is 10.0. The average molecular weight is 530 g/mol. The number of benzene rings is 3. The molecule has 0 saturated carbocycles. The van der Waals surface area contributed by atoms with Gasteiger partial charge in [0.1, 0.15) is 13.2 Å². The van der Waals surface area contributed by atoms with Gasteiger partial charge in [-0.3, -0.25) is 0 Å². The minimum atomic E-state index is -4.99. The second-order valence-electron chi connectivity index (χ2n) is 8.12. The predicted molar refractivity (Wildman–Crippen MR) is 129 cm³/mol. The molecule has 0 amide bonds. The van der Waals surface area contributed by atoms with E-state index in [2.05, 4.69) is 10.2 Å². The molecule has 10 heteroatoms. The molecule has 38 heavy (non-hydrogen) atoms. The van der Waals surface area contributed by atoms with E-state index < -0.39 is 29.0 Å². The van der Waals surface area contributed by atoms with E-state index in [0.717, 1.165) is 23.3 Å². The maximum Gasteiger partial charge on any atom is 0.417 e. The summed E-state index contributed by atoms with van der Waals surface area (Å²) in [5.41, 5.74) is -1.42. The molecule has 3 aromatic carbocycles. The molecule has 0 aliphatic heterocycles. The Kier molecular flexibility index (Phi) is 7.99. The fraction of sp³-hybridized carbons (Fsp3) is 0.143. The zero-order valence-electron chi connectivity index (χ0n) is 19.6. The number of rotatable bonds is 8. The molecule has 0 bridgehead atoms. The smallest absolute Gasteiger partial charge is 0.417 e. The number of halogens is 6. The summed E-state index contributed by atoms with van der Waals surface area (Å²) in [6.07, 6.45) is -7.67. The van der Waals surface area contributed by atoms with Gasteiger partial charge in [-0.25, -0.2) is 0 Å². The van der Waals surface area contributed by atoms with Crippen LogP contribution in [0.5, 0.6) is 11.6 Å². The summed E-state index contributed by atoms with van der Waals surface area (Å²) in [7, 11) is 0. The van der Waals surface area contributed by atoms with Crippen molar-refractivity contribution in [2.75, 3.05) is 0 Å². The van der Waals surface area contributed by atoms with E-state index in [0.29, 0.717) is 6.07 Å². The van der Waals surface area contributed by atoms with E-state index in [9.17, 15) is 26.3 Å². The van der Waals surface area contributed by atoms with Crippen molar-refractivity contribution < 1.29 is 35.8 Å². The van der Waals surface area contributed by atoms with Gasteiger partial charge in [0.15, 0.2) is 5.75 Å². The molecule has 0 spiro atoms. The molecule has 0 atom stereocenters. The van der Waals surface area contributed by atoms with Gasteiger partial charge in [-0.05, 0) is 34.9 Å². The molecular formula is C28H20F6N2O2. The first-order chi connectivity index (χ1) is 18.1. The molecule has 0 unspecified atom stereocenters. The lowest BCUT2D eigenvalue weighted by molar-refractivity contribution is -0.143. The standard InChI is InChI=1S/C28H20F6N2O2/c29-27(30,31)22-13-11-21(24(15-22)28(32,33)34)12-14-23-16-25(37-17-19-7-3-1-4-8-19)26(36-35-23)38-18-20-9-5-2-6-10-20/h1-16H,17-18H2/b14-12+. The Hall–Kier alpha value is -4.34. The highest BCUT2D eigenvalue weighted by molar-refractivity contribution is 5.71. The minimum absolute atomic E-state index is 0.0763. The molecule has 4 rings (SSSR count). The molecule has 0 saturated heterocycles. The Morgan fingerprint density at radius 3 is 1.82 bits per heavy atom. The summed E-state index contributed by atoms with van der Waals surface area (Å²) in [6.45, 7) is 0.335. The van der Waals surface area contributed by atoms with E-state index in [-0.39, 0.29) is 36.6 Å². The van der Waals surface area contributed by atoms with Gasteiger partial charge in [0.05, 0.1) is 16.8 Å². The Balaban J connectivity index is 1.62. The van der Waals surface area contributed by atoms with Gasteiger partial charge >= 0.3 is 12.4 Å². The van der Waals surface area contributed by atoms with Crippen LogP contribution in [-0.4, -0.2) is 10.2 Å². The third kappa shape index (κ3) is 7.12. The van der Waals surface area contributed by atoms with Gasteiger partial charge in [0, 0.05) is 6.07 Å². The highest BCUT2D eigenvalue weighted by Crippen LogP contribution is 2.38. The molecule has 196 valence electrons. The molecule has 0 N–H and O–H groups in total. The maximum atomic E-state index is 13.5. The molecule has 4 nitrogen and oxygen atoms in total. The van der Waals surface area contributed by atoms with Crippen LogP contribution in [0.4, 0.5) is 26.3 Å². The number of aromatic nitrogens is 2. The van der Waals surface area contributed by atoms with Gasteiger partial charge in [-0.1, -0.05) is 72.8 Å². The fourth-order valence-corrected chi connectivity index (χ4v) is 3.42. The summed E-state index contributed by atoms with van der Waals surface area (Å²) in [5, 5.41) is 7.98. The Morgan fingerprint density at radius 2 is 1.24 bits per heavy atom. The van der Waals surface area contributed by atoms with Crippen LogP contribution in [0, 0.1) is 0 Å². The fourth-order valence-electron chi connectivity index (χ4n) is 3.42. The van der Waals surface area contributed by atoms with Crippen molar-refractivity contribution in [3.8, 4) is 11.6 Å². The summed E-state index contributed by atoms with van der Waals surface area (Å²) in [5.74, 6) is 0.273. The molecule has 4 aromatic rings. The van der Waals surface area contributed by atoms with Crippen molar-refractivity contribution in [3.05, 3.63) is 118 Å². The molecule has 0 radical (unpaired) electrons. The Morgan fingerprint density at radius 1 is 0.632 bits per heavy atom. The summed E-state index contributed by atoms with van der Waals surface area (Å²) < 4.78 is 90.9. The molecule has 0 fully saturated rings. The van der Waals surface area contributed by atoms with Gasteiger partial charge in [0.25, 0.3) is 5.88 Å². The summed E-state index contributed by atoms with van der Waals surface area (Å²) >= 11 is 0. The molecule has 1 aromatic heterocycles. The van der Waals surface area contributed by atoms with Crippen LogP contribution in [0.15, 0.2) is 84.9 Å². The van der Waals surface area contributed by atoms with Crippen LogP contribution in [0.1, 0.15) is 33.5 Å². The van der Waals surface area contributed by atoms with E-state index in [1.54, 1.807) is 0 Å². The second-order valence-corrected chi connectivity index (χ2v) is 8.12. The van der Waals surface area contributed by atoms with Crippen molar-refractivity contribution in [1.29, 1.82) is 0 Å². The topological polar surface area (TPSA) is 44.2 Å². The highest BCUT2D eigenvalue weighted by atomic mass is 19.4. The van der Waals surface area contributed by atoms with Crippen molar-refractivity contribution in [2.24, 2.45) is 0 Å². The van der Waals surface area contributed by atoms with Crippen LogP contribution in [0.2, 0.25) is 0 Å². The second kappa shape index (κ2) is 11.4. The van der Waals surface area contributed by atoms with Crippen molar-refractivity contribution >= 4 is 12.2 Å². The normalized spacial score (nSPS) is 12.1. The van der Waals surface area contributed by atoms with E-state index in [4.69, 9.17) is 9.47 Å². The van der Waals surface area contributed by atoms with Crippen LogP contribution in [-0.2, 0) is 25.6 Å². The van der Waals surface area contributed by atoms with Crippen LogP contribution in [0.25, 0.3) is 12.2 Å². The summed E-state index contributed by atoms with van der Waals surface area (Å²) in [6, 6.07) is 21.4. The largest absolute Gasteiger partial charge is 0.483 e. The number of hydrogen-bond donors (Lipinski definition) is 0. The van der Waals surface area contributed by atoms with E-state index >= 15 is 0 Å². The van der Waals surface area contributed by atoms with Gasteiger partial charge < -0.3 is 9.47 Å². The monoisotopic (exact) mass is 530 g/mol. The zero-order valence-corrected chi connectivity index (χ0v) is 19.6. The number of alkyl halides is 6. The molecule has 0 aliphatic rings. The number of ether oxygens (including phenoxy) is 2. The van der Waals surface area contributed by atoms with Crippen LogP contribution < -0.4 is 9.47 Å². The SMILES string of the molecule is FC(F)(F)c1ccc(/C=C/c2cc(OCc3ccccc3)c(OCc3ccccc3)nn2)c(C(F)(F)F)c1. The number of hydrogen-bond acceptors (Lipinski definition) is 4. The first-order valence-electron chi connectivity index (χ1n) is 11.3. The summed E-state index contributed by atoms with van der Waals surface area (Å²) in [4.78, 5) is 0. The van der Waals surface area contributed by atoms with Gasteiger partial charge in [0.2, 0.25) is 0 Å². The van der Waals surface area contributed by atoms with E-state index in [1.165, 1.54) is 12.1 Å². The Labute approximate surface area is 214 Å². The predicted octanol–water partition coefficient (Wildman–Crippen LogP) is 7.84. The highest BCUT2D eigenvalue weighted by Gasteiger charge is 2.37. The lowest BCUT2D eigenvalue weighted by Gasteiger charge is -2.14. The first kappa shape index (κ1) is 26.7. The third-order valence-electron chi connectivity index (χ3n) is 5.32. The Bertz CT molecular complexity index is 1390. The quantitative estimate of drug-likeness (QED) is 0.218. The minimum Gasteiger partial charge on any atom is -0.483 e. The number of nitrogens with zero attached hydrogens (tertiary/aromatic N) is 2. The van der Waals surface area contributed by atoms with Crippen molar-refractivity contribution in [1.82, 2.24) is 10.2 Å². The third-order valence-corrected chi connectivity index (χ3v) is 5.32. The van der Waals surface area contributed by atoms with Crippen molar-refractivity contribution in [2.45, 2.75) is 25.6 Å². The zero-order chi connectivity index (χ0) is 27.2. The van der Waals surface area contributed by atoms with E-state index in [1.807, 2.05) is 60.7 Å². The van der Waals surface area contributed by atoms with Crippen molar-refractivity contribution in [3.63, 3.8) is 0 Å². The van der Waals surface area contributed by atoms with Gasteiger partial charge in [-0.15, -0.1) is 10.2 Å². The lowest BCUT2D eigenvalue weighted by Crippen LogP contribution is -2.12. The maximum absolute atomic E-state index is 13.5. The molecule has 0 aliphatic carbocycles. The average Bonchev–Trinajstić information content (AvgIpc) is 2.90.